The molecule has 0 aromatic heterocycles. The van der Waals surface area contributed by atoms with Gasteiger partial charge in [-0.05, 0) is 12.5 Å². The van der Waals surface area contributed by atoms with Gasteiger partial charge in [0.05, 0.1) is 0 Å². The number of rotatable bonds is 1. The minimum atomic E-state index is -3.50. The van der Waals surface area contributed by atoms with Gasteiger partial charge < -0.3 is 10.1 Å². The second kappa shape index (κ2) is 5.24. The van der Waals surface area contributed by atoms with Crippen LogP contribution in [0.25, 0.3) is 0 Å². The zero-order chi connectivity index (χ0) is 13.5. The van der Waals surface area contributed by atoms with Gasteiger partial charge in [-0.2, -0.15) is 0 Å². The molecule has 3 nitrogen and oxygen atoms in total. The Kier molecular flexibility index (Phi) is 4.29. The highest BCUT2D eigenvalue weighted by Gasteiger charge is 2.48. The predicted octanol–water partition coefficient (Wildman–Crippen LogP) is 3.11. The van der Waals surface area contributed by atoms with Gasteiger partial charge in [-0.25, -0.2) is 22.4 Å². The first kappa shape index (κ1) is 15.6. The first-order chi connectivity index (χ1) is 8.33. The molecule has 1 N–H and O–H groups in total. The molecule has 0 saturated carbocycles. The molecule has 0 bridgehead atoms. The van der Waals surface area contributed by atoms with E-state index in [1.54, 1.807) is 5.32 Å². The van der Waals surface area contributed by atoms with Crippen molar-refractivity contribution in [1.82, 2.24) is 5.32 Å². The third-order valence-corrected chi connectivity index (χ3v) is 2.70. The predicted molar refractivity (Wildman–Crippen MR) is 60.5 cm³/mol. The highest BCUT2D eigenvalue weighted by molar-refractivity contribution is 5.85. The van der Waals surface area contributed by atoms with Crippen LogP contribution in [0.1, 0.15) is 17.2 Å². The van der Waals surface area contributed by atoms with Crippen LogP contribution in [-0.2, 0) is 4.74 Å². The second-order valence-corrected chi connectivity index (χ2v) is 4.01. The van der Waals surface area contributed by atoms with E-state index in [-0.39, 0.29) is 18.0 Å². The molecule has 8 heteroatoms. The van der Waals surface area contributed by atoms with Crippen molar-refractivity contribution in [3.05, 3.63) is 34.9 Å². The number of ether oxygens (including phenoxy) is 1. The van der Waals surface area contributed by atoms with Gasteiger partial charge in [-0.1, -0.05) is 12.1 Å². The molecule has 0 radical (unpaired) electrons. The van der Waals surface area contributed by atoms with E-state index >= 15 is 0 Å². The fourth-order valence-electron chi connectivity index (χ4n) is 1.70. The summed E-state index contributed by atoms with van der Waals surface area (Å²) in [5.41, 5.74) is -0.599. The summed E-state index contributed by atoms with van der Waals surface area (Å²) in [5.74, 6) is -6.10. The molecule has 106 valence electrons. The van der Waals surface area contributed by atoms with E-state index in [1.165, 1.54) is 13.0 Å². The summed E-state index contributed by atoms with van der Waals surface area (Å²) in [5, 5.41) is 1.79. The van der Waals surface area contributed by atoms with E-state index in [9.17, 15) is 22.4 Å². The van der Waals surface area contributed by atoms with Crippen molar-refractivity contribution in [3.63, 3.8) is 0 Å². The number of benzene rings is 1. The van der Waals surface area contributed by atoms with Gasteiger partial charge >= 0.3 is 12.0 Å². The van der Waals surface area contributed by atoms with Crippen LogP contribution < -0.4 is 5.32 Å². The van der Waals surface area contributed by atoms with Crippen LogP contribution in [-0.4, -0.2) is 18.6 Å². The molecule has 1 heterocycles. The summed E-state index contributed by atoms with van der Waals surface area (Å²) < 4.78 is 58.1. The Balaban J connectivity index is 0.00000180. The Morgan fingerprint density at radius 1 is 1.32 bits per heavy atom. The molecule has 0 unspecified atom stereocenters. The highest BCUT2D eigenvalue weighted by atomic mass is 35.5. The molecule has 1 aromatic rings. The topological polar surface area (TPSA) is 38.3 Å². The normalized spacial score (nSPS) is 21.1. The van der Waals surface area contributed by atoms with Crippen LogP contribution in [0.2, 0.25) is 0 Å². The monoisotopic (exact) mass is 299 g/mol. The average Bonchev–Trinajstić information content (AvgIpc) is 2.30. The van der Waals surface area contributed by atoms with Gasteiger partial charge in [0.2, 0.25) is 0 Å². The van der Waals surface area contributed by atoms with Gasteiger partial charge in [0.1, 0.15) is 6.04 Å². The maximum atomic E-state index is 13.6. The van der Waals surface area contributed by atoms with E-state index in [2.05, 4.69) is 4.74 Å². The Morgan fingerprint density at radius 2 is 1.95 bits per heavy atom. The molecular formula is C11H10ClF4NO2. The Morgan fingerprint density at radius 3 is 2.58 bits per heavy atom. The molecule has 1 saturated heterocycles. The van der Waals surface area contributed by atoms with E-state index in [4.69, 9.17) is 0 Å². The van der Waals surface area contributed by atoms with E-state index < -0.39 is 41.9 Å². The first-order valence-corrected chi connectivity index (χ1v) is 5.08. The summed E-state index contributed by atoms with van der Waals surface area (Å²) in [6.45, 7) is 0.140. The third kappa shape index (κ3) is 2.75. The van der Waals surface area contributed by atoms with Crippen LogP contribution in [0.5, 0.6) is 0 Å². The molecule has 1 aliphatic rings. The lowest BCUT2D eigenvalue weighted by atomic mass is 9.98. The third-order valence-electron chi connectivity index (χ3n) is 2.70. The molecule has 1 fully saturated rings. The van der Waals surface area contributed by atoms with E-state index in [1.807, 2.05) is 0 Å². The fraction of sp³-hybridized carbons (Fsp3) is 0.364. The lowest BCUT2D eigenvalue weighted by Crippen LogP contribution is -2.50. The van der Waals surface area contributed by atoms with E-state index in [0.717, 1.165) is 6.07 Å². The van der Waals surface area contributed by atoms with Gasteiger partial charge in [0, 0.05) is 5.56 Å². The molecule has 1 amide bonds. The van der Waals surface area contributed by atoms with Gasteiger partial charge in [-0.3, -0.25) is 0 Å². The highest BCUT2D eigenvalue weighted by Crippen LogP contribution is 2.36. The molecule has 19 heavy (non-hydrogen) atoms. The van der Waals surface area contributed by atoms with Crippen LogP contribution in [0.15, 0.2) is 12.1 Å². The molecule has 1 aromatic carbocycles. The molecule has 0 spiro atoms. The molecular weight excluding hydrogens is 290 g/mol. The number of nitrogens with one attached hydrogen (secondary N) is 1. The standard InChI is InChI=1S/C11H9F4NO2.ClH/c1-5-2-3-6(8(13)7(5)12)9-11(14,15)4-18-10(17)16-9;/h2-3,9H,4H2,1H3,(H,16,17);1H/t9-;/m1./s1. The lowest BCUT2D eigenvalue weighted by molar-refractivity contribution is -0.105. The maximum Gasteiger partial charge on any atom is 0.408 e. The molecule has 1 aliphatic heterocycles. The minimum Gasteiger partial charge on any atom is -0.443 e. The first-order valence-electron chi connectivity index (χ1n) is 5.08. The summed E-state index contributed by atoms with van der Waals surface area (Å²) >= 11 is 0. The minimum absolute atomic E-state index is 0. The van der Waals surface area contributed by atoms with Crippen molar-refractivity contribution < 1.29 is 27.1 Å². The van der Waals surface area contributed by atoms with Crippen molar-refractivity contribution in [2.45, 2.75) is 18.9 Å². The van der Waals surface area contributed by atoms with Crippen LogP contribution in [0.3, 0.4) is 0 Å². The summed E-state index contributed by atoms with van der Waals surface area (Å²) in [6, 6.07) is 0.262. The van der Waals surface area contributed by atoms with E-state index in [0.29, 0.717) is 0 Å². The number of alkyl carbamates (subject to hydrolysis) is 1. The summed E-state index contributed by atoms with van der Waals surface area (Å²) in [7, 11) is 0. The van der Waals surface area contributed by atoms with Crippen LogP contribution in [0, 0.1) is 18.6 Å². The number of carbonyl (C=O) groups excluding carboxylic acids is 1. The molecule has 0 aliphatic carbocycles. The number of amides is 1. The van der Waals surface area contributed by atoms with Crippen molar-refractivity contribution in [2.75, 3.05) is 6.61 Å². The summed E-state index contributed by atoms with van der Waals surface area (Å²) in [4.78, 5) is 10.9. The van der Waals surface area contributed by atoms with Crippen molar-refractivity contribution in [3.8, 4) is 0 Å². The van der Waals surface area contributed by atoms with Crippen molar-refractivity contribution >= 4 is 18.5 Å². The van der Waals surface area contributed by atoms with Gasteiger partial charge in [0.15, 0.2) is 18.2 Å². The molecule has 1 atom stereocenters. The SMILES string of the molecule is Cc1ccc([C@H]2NC(=O)OCC2(F)F)c(F)c1F.Cl. The van der Waals surface area contributed by atoms with Gasteiger partial charge in [-0.15, -0.1) is 12.4 Å². The average molecular weight is 300 g/mol. The van der Waals surface area contributed by atoms with Gasteiger partial charge in [0.25, 0.3) is 0 Å². The maximum absolute atomic E-state index is 13.6. The van der Waals surface area contributed by atoms with Crippen molar-refractivity contribution in [2.24, 2.45) is 0 Å². The number of cyclic esters (lactones) is 1. The lowest BCUT2D eigenvalue weighted by Gasteiger charge is -2.32. The quantitative estimate of drug-likeness (QED) is 0.809. The van der Waals surface area contributed by atoms with Crippen molar-refractivity contribution in [1.29, 1.82) is 0 Å². The number of alkyl halides is 2. The Bertz CT molecular complexity index is 510. The number of halogens is 5. The number of carbonyl (C=O) groups is 1. The smallest absolute Gasteiger partial charge is 0.408 e. The zero-order valence-corrected chi connectivity index (χ0v) is 10.5. The van der Waals surface area contributed by atoms with Crippen LogP contribution >= 0.6 is 12.4 Å². The number of hydrogen-bond acceptors (Lipinski definition) is 2. The number of hydrogen-bond donors (Lipinski definition) is 1. The largest absolute Gasteiger partial charge is 0.443 e. The molecule has 2 rings (SSSR count). The van der Waals surface area contributed by atoms with Crippen LogP contribution in [0.4, 0.5) is 22.4 Å². The Hall–Kier alpha value is -1.50. The second-order valence-electron chi connectivity index (χ2n) is 4.01. The summed E-state index contributed by atoms with van der Waals surface area (Å²) in [6.07, 6.45) is -1.09. The zero-order valence-electron chi connectivity index (χ0n) is 9.68. The Labute approximate surface area is 112 Å². The fourth-order valence-corrected chi connectivity index (χ4v) is 1.70. The number of aryl methyl sites for hydroxylation is 1.